The number of benzene rings is 1. The van der Waals surface area contributed by atoms with Crippen molar-refractivity contribution in [2.45, 2.75) is 13.5 Å². The van der Waals surface area contributed by atoms with Gasteiger partial charge in [0.2, 0.25) is 0 Å². The van der Waals surface area contributed by atoms with Crippen LogP contribution in [0.25, 0.3) is 10.9 Å². The predicted octanol–water partition coefficient (Wildman–Crippen LogP) is 3.00. The average Bonchev–Trinajstić information content (AvgIpc) is 2.27. The molecule has 15 heavy (non-hydrogen) atoms. The maximum Gasteiger partial charge on any atom is 0.0891 e. The number of rotatable bonds is 3. The smallest absolute Gasteiger partial charge is 0.0891 e. The van der Waals surface area contributed by atoms with Crippen LogP contribution in [0.15, 0.2) is 30.3 Å². The lowest BCUT2D eigenvalue weighted by Gasteiger charge is -2.04. The Kier molecular flexibility index (Phi) is 3.19. The van der Waals surface area contributed by atoms with Gasteiger partial charge in [0.15, 0.2) is 0 Å². The van der Waals surface area contributed by atoms with E-state index in [1.54, 1.807) is 0 Å². The molecule has 0 spiro atoms. The van der Waals surface area contributed by atoms with E-state index >= 15 is 0 Å². The summed E-state index contributed by atoms with van der Waals surface area (Å²) < 4.78 is 0. The standard InChI is InChI=1S/C12H13ClN2/c1-2-14-8-10-7-6-9-4-3-5-11(13)12(9)15-10/h3-7,14H,2,8H2,1H3. The number of pyridine rings is 1. The van der Waals surface area contributed by atoms with Gasteiger partial charge in [0, 0.05) is 11.9 Å². The van der Waals surface area contributed by atoms with Crippen molar-refractivity contribution in [1.29, 1.82) is 0 Å². The van der Waals surface area contributed by atoms with Crippen LogP contribution in [0.1, 0.15) is 12.6 Å². The second-order valence-electron chi connectivity index (χ2n) is 3.39. The molecule has 0 fully saturated rings. The molecule has 0 saturated carbocycles. The highest BCUT2D eigenvalue weighted by atomic mass is 35.5. The molecule has 78 valence electrons. The van der Waals surface area contributed by atoms with Crippen LogP contribution in [0.2, 0.25) is 5.02 Å². The van der Waals surface area contributed by atoms with E-state index < -0.39 is 0 Å². The van der Waals surface area contributed by atoms with Crippen molar-refractivity contribution >= 4 is 22.5 Å². The summed E-state index contributed by atoms with van der Waals surface area (Å²) in [4.78, 5) is 4.52. The molecule has 2 rings (SSSR count). The molecule has 0 aliphatic heterocycles. The number of aromatic nitrogens is 1. The second-order valence-corrected chi connectivity index (χ2v) is 3.80. The number of para-hydroxylation sites is 1. The number of nitrogens with one attached hydrogen (secondary N) is 1. The van der Waals surface area contributed by atoms with Gasteiger partial charge in [-0.3, -0.25) is 0 Å². The zero-order valence-corrected chi connectivity index (χ0v) is 9.38. The number of halogens is 1. The highest BCUT2D eigenvalue weighted by Gasteiger charge is 2.01. The first-order chi connectivity index (χ1) is 7.31. The van der Waals surface area contributed by atoms with Crippen LogP contribution in [-0.4, -0.2) is 11.5 Å². The topological polar surface area (TPSA) is 24.9 Å². The molecular weight excluding hydrogens is 208 g/mol. The Balaban J connectivity index is 2.41. The largest absolute Gasteiger partial charge is 0.311 e. The SMILES string of the molecule is CCNCc1ccc2cccc(Cl)c2n1. The molecule has 1 aromatic carbocycles. The third-order valence-corrected chi connectivity index (χ3v) is 2.59. The van der Waals surface area contributed by atoms with Crippen molar-refractivity contribution in [2.75, 3.05) is 6.54 Å². The molecule has 1 aromatic heterocycles. The molecule has 2 nitrogen and oxygen atoms in total. The number of nitrogens with zero attached hydrogens (tertiary/aromatic N) is 1. The van der Waals surface area contributed by atoms with E-state index in [-0.39, 0.29) is 0 Å². The highest BCUT2D eigenvalue weighted by Crippen LogP contribution is 2.21. The minimum absolute atomic E-state index is 0.714. The lowest BCUT2D eigenvalue weighted by molar-refractivity contribution is 0.713. The summed E-state index contributed by atoms with van der Waals surface area (Å²) in [7, 11) is 0. The van der Waals surface area contributed by atoms with Gasteiger partial charge in [-0.05, 0) is 18.7 Å². The van der Waals surface area contributed by atoms with E-state index in [9.17, 15) is 0 Å². The average molecular weight is 221 g/mol. The highest BCUT2D eigenvalue weighted by molar-refractivity contribution is 6.35. The molecule has 0 atom stereocenters. The van der Waals surface area contributed by atoms with Crippen LogP contribution in [0.5, 0.6) is 0 Å². The van der Waals surface area contributed by atoms with Crippen LogP contribution in [-0.2, 0) is 6.54 Å². The van der Waals surface area contributed by atoms with Crippen LogP contribution in [0.4, 0.5) is 0 Å². The van der Waals surface area contributed by atoms with E-state index in [1.807, 2.05) is 24.3 Å². The molecule has 2 aromatic rings. The van der Waals surface area contributed by atoms with Gasteiger partial charge < -0.3 is 5.32 Å². The van der Waals surface area contributed by atoms with Crippen molar-refractivity contribution < 1.29 is 0 Å². The van der Waals surface area contributed by atoms with Crippen molar-refractivity contribution in [3.05, 3.63) is 41.0 Å². The van der Waals surface area contributed by atoms with Crippen LogP contribution in [0.3, 0.4) is 0 Å². The summed E-state index contributed by atoms with van der Waals surface area (Å²) in [5.74, 6) is 0. The maximum absolute atomic E-state index is 6.08. The molecule has 1 heterocycles. The molecule has 0 radical (unpaired) electrons. The van der Waals surface area contributed by atoms with E-state index in [0.29, 0.717) is 5.02 Å². The van der Waals surface area contributed by atoms with Crippen LogP contribution >= 0.6 is 11.6 Å². The summed E-state index contributed by atoms with van der Waals surface area (Å²) in [6.45, 7) is 3.81. The molecular formula is C12H13ClN2. The first-order valence-electron chi connectivity index (χ1n) is 5.06. The molecule has 0 aliphatic rings. The summed E-state index contributed by atoms with van der Waals surface area (Å²) >= 11 is 6.08. The molecule has 0 bridgehead atoms. The monoisotopic (exact) mass is 220 g/mol. The molecule has 0 aliphatic carbocycles. The number of hydrogen-bond donors (Lipinski definition) is 1. The number of hydrogen-bond acceptors (Lipinski definition) is 2. The van der Waals surface area contributed by atoms with Crippen molar-refractivity contribution in [1.82, 2.24) is 10.3 Å². The van der Waals surface area contributed by atoms with Crippen LogP contribution in [0, 0.1) is 0 Å². The summed E-state index contributed by atoms with van der Waals surface area (Å²) in [5.41, 5.74) is 1.91. The van der Waals surface area contributed by atoms with Gasteiger partial charge in [0.1, 0.15) is 0 Å². The third-order valence-electron chi connectivity index (χ3n) is 2.28. The first-order valence-corrected chi connectivity index (χ1v) is 5.44. The van der Waals surface area contributed by atoms with Gasteiger partial charge in [-0.2, -0.15) is 0 Å². The van der Waals surface area contributed by atoms with Crippen molar-refractivity contribution in [3.63, 3.8) is 0 Å². The fourth-order valence-corrected chi connectivity index (χ4v) is 1.73. The second kappa shape index (κ2) is 4.60. The van der Waals surface area contributed by atoms with Gasteiger partial charge in [-0.1, -0.05) is 36.7 Å². The molecule has 0 saturated heterocycles. The molecule has 1 N–H and O–H groups in total. The minimum Gasteiger partial charge on any atom is -0.311 e. The number of fused-ring (bicyclic) bond motifs is 1. The van der Waals surface area contributed by atoms with Crippen molar-refractivity contribution in [3.8, 4) is 0 Å². The van der Waals surface area contributed by atoms with E-state index in [4.69, 9.17) is 11.6 Å². The fraction of sp³-hybridized carbons (Fsp3) is 0.250. The fourth-order valence-electron chi connectivity index (χ4n) is 1.50. The van der Waals surface area contributed by atoms with E-state index in [0.717, 1.165) is 29.7 Å². The summed E-state index contributed by atoms with van der Waals surface area (Å²) in [6, 6.07) is 9.91. The van der Waals surface area contributed by atoms with Gasteiger partial charge in [0.05, 0.1) is 16.2 Å². The van der Waals surface area contributed by atoms with Crippen LogP contribution < -0.4 is 5.32 Å². The normalized spacial score (nSPS) is 10.8. The zero-order valence-electron chi connectivity index (χ0n) is 8.63. The van der Waals surface area contributed by atoms with Gasteiger partial charge in [-0.15, -0.1) is 0 Å². The lowest BCUT2D eigenvalue weighted by atomic mass is 10.2. The molecule has 0 unspecified atom stereocenters. The maximum atomic E-state index is 6.08. The van der Waals surface area contributed by atoms with E-state index in [2.05, 4.69) is 23.3 Å². The minimum atomic E-state index is 0.714. The quantitative estimate of drug-likeness (QED) is 0.860. The third kappa shape index (κ3) is 2.28. The molecule has 0 amide bonds. The Labute approximate surface area is 94.3 Å². The van der Waals surface area contributed by atoms with Crippen molar-refractivity contribution in [2.24, 2.45) is 0 Å². The Hall–Kier alpha value is -1.12. The summed E-state index contributed by atoms with van der Waals surface area (Å²) in [6.07, 6.45) is 0. The first kappa shape index (κ1) is 10.4. The lowest BCUT2D eigenvalue weighted by Crippen LogP contribution is -2.12. The molecule has 3 heteroatoms. The van der Waals surface area contributed by atoms with Gasteiger partial charge in [0.25, 0.3) is 0 Å². The summed E-state index contributed by atoms with van der Waals surface area (Å²) in [5, 5.41) is 5.04. The Morgan fingerprint density at radius 2 is 2.13 bits per heavy atom. The van der Waals surface area contributed by atoms with Gasteiger partial charge >= 0.3 is 0 Å². The van der Waals surface area contributed by atoms with E-state index in [1.165, 1.54) is 0 Å². The Morgan fingerprint density at radius 3 is 2.93 bits per heavy atom. The zero-order chi connectivity index (χ0) is 10.7. The Bertz CT molecular complexity index is 468. The predicted molar refractivity (Wildman–Crippen MR) is 64.1 cm³/mol. The van der Waals surface area contributed by atoms with Gasteiger partial charge in [-0.25, -0.2) is 4.98 Å². The Morgan fingerprint density at radius 1 is 1.27 bits per heavy atom.